The molecule has 0 amide bonds. The molecule has 0 unspecified atom stereocenters. The molecule has 0 saturated heterocycles. The molecule has 1 aromatic carbocycles. The number of benzene rings is 1. The molecule has 0 spiro atoms. The fourth-order valence-electron chi connectivity index (χ4n) is 2.32. The maximum absolute atomic E-state index is 11.7. The molecule has 3 aromatic rings. The fraction of sp³-hybridized carbons (Fsp3) is 0.118. The Balaban J connectivity index is 2.03. The zero-order chi connectivity index (χ0) is 18.7. The minimum Gasteiger partial charge on any atom is -0.334 e. The van der Waals surface area contributed by atoms with Crippen LogP contribution in [0.5, 0.6) is 0 Å². The summed E-state index contributed by atoms with van der Waals surface area (Å²) in [5.41, 5.74) is 2.05. The van der Waals surface area contributed by atoms with Gasteiger partial charge in [0.05, 0.1) is 4.92 Å². The van der Waals surface area contributed by atoms with E-state index in [1.807, 2.05) is 26.0 Å². The van der Waals surface area contributed by atoms with Crippen LogP contribution in [0.1, 0.15) is 11.1 Å². The van der Waals surface area contributed by atoms with Gasteiger partial charge in [0.1, 0.15) is 12.1 Å². The highest BCUT2D eigenvalue weighted by molar-refractivity contribution is 6.30. The van der Waals surface area contributed by atoms with Crippen molar-refractivity contribution in [1.82, 2.24) is 15.0 Å². The quantitative estimate of drug-likeness (QED) is 0.501. The van der Waals surface area contributed by atoms with Crippen molar-refractivity contribution in [3.8, 4) is 0 Å². The summed E-state index contributed by atoms with van der Waals surface area (Å²) in [6, 6.07) is 8.86. The van der Waals surface area contributed by atoms with E-state index in [9.17, 15) is 10.1 Å². The van der Waals surface area contributed by atoms with Gasteiger partial charge in [0.15, 0.2) is 0 Å². The second-order valence-electron chi connectivity index (χ2n) is 5.55. The zero-order valence-corrected chi connectivity index (χ0v) is 14.8. The molecule has 3 rings (SSSR count). The van der Waals surface area contributed by atoms with Crippen molar-refractivity contribution in [2.75, 3.05) is 10.6 Å². The highest BCUT2D eigenvalue weighted by Gasteiger charge is 2.24. The number of pyridine rings is 1. The predicted molar refractivity (Wildman–Crippen MR) is 100 cm³/mol. The number of nitrogens with one attached hydrogen (secondary N) is 2. The van der Waals surface area contributed by atoms with Crippen LogP contribution in [0.4, 0.5) is 28.8 Å². The van der Waals surface area contributed by atoms with Crippen LogP contribution in [0.2, 0.25) is 5.02 Å². The van der Waals surface area contributed by atoms with Gasteiger partial charge in [-0.3, -0.25) is 10.1 Å². The van der Waals surface area contributed by atoms with E-state index in [0.717, 1.165) is 11.1 Å². The SMILES string of the molecule is Cc1ccc(Cl)cc1Nc1ncnc(Nc2ncccc2C)c1[N+](=O)[O-]. The number of aromatic nitrogens is 3. The van der Waals surface area contributed by atoms with Crippen LogP contribution in [-0.2, 0) is 0 Å². The standard InChI is InChI=1S/C17H15ClN6O2/c1-10-5-6-12(18)8-13(10)22-16-14(24(25)26)17(21-9-20-16)23-15-11(2)4-3-7-19-15/h3-9H,1-2H3,(H2,19,20,21,22,23). The normalized spacial score (nSPS) is 10.4. The Labute approximate surface area is 154 Å². The third kappa shape index (κ3) is 3.70. The van der Waals surface area contributed by atoms with Crippen LogP contribution in [0.25, 0.3) is 0 Å². The van der Waals surface area contributed by atoms with Crippen molar-refractivity contribution in [3.63, 3.8) is 0 Å². The van der Waals surface area contributed by atoms with E-state index < -0.39 is 4.92 Å². The number of hydrogen-bond acceptors (Lipinski definition) is 7. The monoisotopic (exact) mass is 370 g/mol. The molecule has 0 aliphatic rings. The highest BCUT2D eigenvalue weighted by atomic mass is 35.5. The molecule has 0 saturated carbocycles. The van der Waals surface area contributed by atoms with Gasteiger partial charge in [-0.05, 0) is 43.2 Å². The third-order valence-electron chi connectivity index (χ3n) is 3.70. The van der Waals surface area contributed by atoms with Crippen molar-refractivity contribution >= 4 is 40.4 Å². The summed E-state index contributed by atoms with van der Waals surface area (Å²) in [7, 11) is 0. The predicted octanol–water partition coefficient (Wildman–Crippen LogP) is 4.54. The first-order chi connectivity index (χ1) is 12.5. The minimum absolute atomic E-state index is 0.0500. The molecule has 2 heterocycles. The van der Waals surface area contributed by atoms with Gasteiger partial charge in [-0.1, -0.05) is 23.7 Å². The number of nitro groups is 1. The molecule has 0 aliphatic heterocycles. The first-order valence-corrected chi connectivity index (χ1v) is 8.04. The molecule has 0 aliphatic carbocycles. The van der Waals surface area contributed by atoms with Gasteiger partial charge in [-0.2, -0.15) is 0 Å². The maximum atomic E-state index is 11.7. The third-order valence-corrected chi connectivity index (χ3v) is 3.94. The van der Waals surface area contributed by atoms with Gasteiger partial charge in [-0.25, -0.2) is 15.0 Å². The van der Waals surface area contributed by atoms with E-state index in [1.165, 1.54) is 6.33 Å². The second-order valence-corrected chi connectivity index (χ2v) is 5.99. The summed E-state index contributed by atoms with van der Waals surface area (Å²) in [5.74, 6) is 0.597. The van der Waals surface area contributed by atoms with Crippen LogP contribution in [0.3, 0.4) is 0 Å². The van der Waals surface area contributed by atoms with Crippen molar-refractivity contribution in [3.05, 3.63) is 69.1 Å². The summed E-state index contributed by atoms with van der Waals surface area (Å²) in [6.45, 7) is 3.71. The van der Waals surface area contributed by atoms with Crippen LogP contribution in [0.15, 0.2) is 42.9 Å². The van der Waals surface area contributed by atoms with Gasteiger partial charge in [0.2, 0.25) is 11.6 Å². The molecular formula is C17H15ClN6O2. The molecule has 9 heteroatoms. The highest BCUT2D eigenvalue weighted by Crippen LogP contribution is 2.34. The summed E-state index contributed by atoms with van der Waals surface area (Å²) < 4.78 is 0. The number of hydrogen-bond donors (Lipinski definition) is 2. The van der Waals surface area contributed by atoms with Crippen LogP contribution >= 0.6 is 11.6 Å². The van der Waals surface area contributed by atoms with E-state index in [-0.39, 0.29) is 17.3 Å². The lowest BCUT2D eigenvalue weighted by atomic mass is 10.2. The molecule has 2 aromatic heterocycles. The lowest BCUT2D eigenvalue weighted by Gasteiger charge is -2.12. The molecule has 132 valence electrons. The van der Waals surface area contributed by atoms with Crippen molar-refractivity contribution in [2.24, 2.45) is 0 Å². The van der Waals surface area contributed by atoms with E-state index in [2.05, 4.69) is 25.6 Å². The van der Waals surface area contributed by atoms with Crippen molar-refractivity contribution in [1.29, 1.82) is 0 Å². The Morgan fingerprint density at radius 1 is 1.00 bits per heavy atom. The van der Waals surface area contributed by atoms with E-state index in [4.69, 9.17) is 11.6 Å². The Morgan fingerprint density at radius 2 is 1.73 bits per heavy atom. The maximum Gasteiger partial charge on any atom is 0.353 e. The Hall–Kier alpha value is -3.26. The first-order valence-electron chi connectivity index (χ1n) is 7.67. The van der Waals surface area contributed by atoms with Crippen molar-refractivity contribution < 1.29 is 4.92 Å². The van der Waals surface area contributed by atoms with Gasteiger partial charge < -0.3 is 10.6 Å². The Kier molecular flexibility index (Phi) is 4.94. The Bertz CT molecular complexity index is 979. The number of anilines is 4. The number of aryl methyl sites for hydroxylation is 2. The van der Waals surface area contributed by atoms with E-state index in [1.54, 1.807) is 24.4 Å². The first kappa shape index (κ1) is 17.6. The minimum atomic E-state index is -0.539. The smallest absolute Gasteiger partial charge is 0.334 e. The molecule has 0 bridgehead atoms. The van der Waals surface area contributed by atoms with Crippen LogP contribution in [-0.4, -0.2) is 19.9 Å². The fourth-order valence-corrected chi connectivity index (χ4v) is 2.49. The molecular weight excluding hydrogens is 356 g/mol. The van der Waals surface area contributed by atoms with Gasteiger partial charge in [0, 0.05) is 16.9 Å². The topological polar surface area (TPSA) is 106 Å². The van der Waals surface area contributed by atoms with Crippen LogP contribution in [0, 0.1) is 24.0 Å². The molecule has 2 N–H and O–H groups in total. The van der Waals surface area contributed by atoms with Gasteiger partial charge >= 0.3 is 5.69 Å². The summed E-state index contributed by atoms with van der Waals surface area (Å²) in [5, 5.41) is 18.0. The second kappa shape index (κ2) is 7.32. The Morgan fingerprint density at radius 3 is 2.42 bits per heavy atom. The molecule has 26 heavy (non-hydrogen) atoms. The number of nitrogens with zero attached hydrogens (tertiary/aromatic N) is 4. The molecule has 0 radical (unpaired) electrons. The average molecular weight is 371 g/mol. The van der Waals surface area contributed by atoms with Gasteiger partial charge in [0.25, 0.3) is 0 Å². The van der Waals surface area contributed by atoms with E-state index in [0.29, 0.717) is 16.5 Å². The van der Waals surface area contributed by atoms with Crippen LogP contribution < -0.4 is 10.6 Å². The summed E-state index contributed by atoms with van der Waals surface area (Å²) in [6.07, 6.45) is 2.84. The molecule has 0 atom stereocenters. The lowest BCUT2D eigenvalue weighted by Crippen LogP contribution is -2.07. The summed E-state index contributed by atoms with van der Waals surface area (Å²) in [4.78, 5) is 23.3. The lowest BCUT2D eigenvalue weighted by molar-refractivity contribution is -0.383. The summed E-state index contributed by atoms with van der Waals surface area (Å²) >= 11 is 6.01. The van der Waals surface area contributed by atoms with Gasteiger partial charge in [-0.15, -0.1) is 0 Å². The number of rotatable bonds is 5. The number of halogens is 1. The largest absolute Gasteiger partial charge is 0.353 e. The molecule has 0 fully saturated rings. The van der Waals surface area contributed by atoms with Crippen molar-refractivity contribution in [2.45, 2.75) is 13.8 Å². The van der Waals surface area contributed by atoms with E-state index >= 15 is 0 Å². The average Bonchev–Trinajstić information content (AvgIpc) is 2.60. The molecule has 8 nitrogen and oxygen atoms in total. The zero-order valence-electron chi connectivity index (χ0n) is 14.0.